The van der Waals surface area contributed by atoms with Crippen LogP contribution < -0.4 is 5.32 Å². The molecule has 0 aliphatic carbocycles. The third kappa shape index (κ3) is 4.15. The van der Waals surface area contributed by atoms with Crippen molar-refractivity contribution in [1.82, 2.24) is 5.32 Å². The Morgan fingerprint density at radius 3 is 2.44 bits per heavy atom. The van der Waals surface area contributed by atoms with E-state index in [0.717, 1.165) is 25.9 Å². The normalized spacial score (nSPS) is 12.8. The van der Waals surface area contributed by atoms with Crippen molar-refractivity contribution in [3.63, 3.8) is 0 Å². The summed E-state index contributed by atoms with van der Waals surface area (Å²) in [5.41, 5.74) is 4.15. The Balaban J connectivity index is 2.37. The van der Waals surface area contributed by atoms with Crippen LogP contribution in [0.1, 0.15) is 36.5 Å². The summed E-state index contributed by atoms with van der Waals surface area (Å²) in [5, 5.41) is 3.77. The Morgan fingerprint density at radius 1 is 1.25 bits per heavy atom. The minimum absolute atomic E-state index is 0.311. The maximum Gasteiger partial charge on any atom is 0.0345 e. The van der Waals surface area contributed by atoms with Gasteiger partial charge >= 0.3 is 0 Å². The molecule has 0 radical (unpaired) electrons. The number of hydrogen-bond acceptors (Lipinski definition) is 1. The first-order chi connectivity index (χ1) is 7.65. The largest absolute Gasteiger partial charge is 0.313 e. The quantitative estimate of drug-likeness (QED) is 0.588. The molecular formula is C14H22ClN. The van der Waals surface area contributed by atoms with Crippen molar-refractivity contribution in [2.45, 2.75) is 45.5 Å². The van der Waals surface area contributed by atoms with Gasteiger partial charge in [-0.25, -0.2) is 0 Å². The molecule has 1 unspecified atom stereocenters. The standard InChI is InChI=1S/C14H22ClN/c1-4-13(15)8-9-16-10-14-11(2)6-5-7-12(14)3/h5-7,13,16H,4,8-10H2,1-3H3. The van der Waals surface area contributed by atoms with Gasteiger partial charge in [0.05, 0.1) is 0 Å². The predicted molar refractivity (Wildman–Crippen MR) is 72.2 cm³/mol. The Bertz CT molecular complexity index is 302. The summed E-state index contributed by atoms with van der Waals surface area (Å²) in [6.45, 7) is 8.41. The number of benzene rings is 1. The molecule has 16 heavy (non-hydrogen) atoms. The maximum absolute atomic E-state index is 6.07. The van der Waals surface area contributed by atoms with Crippen LogP contribution in [0.2, 0.25) is 0 Å². The number of alkyl halides is 1. The number of aryl methyl sites for hydroxylation is 2. The van der Waals surface area contributed by atoms with Crippen LogP contribution >= 0.6 is 11.6 Å². The highest BCUT2D eigenvalue weighted by Crippen LogP contribution is 2.13. The molecule has 0 amide bonds. The molecule has 0 bridgehead atoms. The zero-order valence-corrected chi connectivity index (χ0v) is 11.3. The summed E-state index contributed by atoms with van der Waals surface area (Å²) < 4.78 is 0. The van der Waals surface area contributed by atoms with Crippen LogP contribution in [0.15, 0.2) is 18.2 Å². The van der Waals surface area contributed by atoms with Gasteiger partial charge in [-0.05, 0) is 49.9 Å². The summed E-state index contributed by atoms with van der Waals surface area (Å²) in [5.74, 6) is 0. The monoisotopic (exact) mass is 239 g/mol. The van der Waals surface area contributed by atoms with Gasteiger partial charge in [-0.2, -0.15) is 0 Å². The molecule has 1 aromatic carbocycles. The van der Waals surface area contributed by atoms with Crippen molar-refractivity contribution in [3.8, 4) is 0 Å². The average Bonchev–Trinajstić information content (AvgIpc) is 2.27. The predicted octanol–water partition coefficient (Wildman–Crippen LogP) is 3.80. The van der Waals surface area contributed by atoms with Gasteiger partial charge in [-0.15, -0.1) is 11.6 Å². The lowest BCUT2D eigenvalue weighted by atomic mass is 10.0. The van der Waals surface area contributed by atoms with Crippen LogP contribution in [-0.4, -0.2) is 11.9 Å². The molecule has 0 saturated carbocycles. The third-order valence-corrected chi connectivity index (χ3v) is 3.55. The molecule has 0 heterocycles. The van der Waals surface area contributed by atoms with Crippen LogP contribution in [0, 0.1) is 13.8 Å². The van der Waals surface area contributed by atoms with Crippen LogP contribution in [0.3, 0.4) is 0 Å². The molecule has 0 saturated heterocycles. The topological polar surface area (TPSA) is 12.0 Å². The van der Waals surface area contributed by atoms with Gasteiger partial charge < -0.3 is 5.32 Å². The van der Waals surface area contributed by atoms with E-state index >= 15 is 0 Å². The fourth-order valence-electron chi connectivity index (χ4n) is 1.80. The SMILES string of the molecule is CCC(Cl)CCNCc1c(C)cccc1C. The third-order valence-electron chi connectivity index (χ3n) is 3.02. The minimum Gasteiger partial charge on any atom is -0.313 e. The lowest BCUT2D eigenvalue weighted by Gasteiger charge is -2.12. The zero-order valence-electron chi connectivity index (χ0n) is 10.5. The highest BCUT2D eigenvalue weighted by Gasteiger charge is 2.03. The minimum atomic E-state index is 0.311. The molecule has 90 valence electrons. The fraction of sp³-hybridized carbons (Fsp3) is 0.571. The van der Waals surface area contributed by atoms with E-state index in [-0.39, 0.29) is 0 Å². The highest BCUT2D eigenvalue weighted by molar-refractivity contribution is 6.20. The highest BCUT2D eigenvalue weighted by atomic mass is 35.5. The molecule has 1 nitrogen and oxygen atoms in total. The van der Waals surface area contributed by atoms with Gasteiger partial charge in [0.25, 0.3) is 0 Å². The molecule has 2 heteroatoms. The molecule has 1 N–H and O–H groups in total. The van der Waals surface area contributed by atoms with E-state index in [1.165, 1.54) is 16.7 Å². The molecular weight excluding hydrogens is 218 g/mol. The summed E-state index contributed by atoms with van der Waals surface area (Å²) in [4.78, 5) is 0. The summed E-state index contributed by atoms with van der Waals surface area (Å²) in [7, 11) is 0. The zero-order chi connectivity index (χ0) is 12.0. The molecule has 1 rings (SSSR count). The molecule has 0 aliphatic heterocycles. The second-order valence-electron chi connectivity index (χ2n) is 4.34. The number of rotatable bonds is 6. The van der Waals surface area contributed by atoms with Crippen LogP contribution in [-0.2, 0) is 6.54 Å². The second kappa shape index (κ2) is 6.93. The van der Waals surface area contributed by atoms with Crippen molar-refractivity contribution < 1.29 is 0 Å². The number of nitrogens with one attached hydrogen (secondary N) is 1. The van der Waals surface area contributed by atoms with Crippen molar-refractivity contribution in [3.05, 3.63) is 34.9 Å². The Hall–Kier alpha value is -0.530. The van der Waals surface area contributed by atoms with Crippen LogP contribution in [0.4, 0.5) is 0 Å². The fourth-order valence-corrected chi connectivity index (χ4v) is 1.91. The van der Waals surface area contributed by atoms with E-state index in [2.05, 4.69) is 44.3 Å². The molecule has 1 aromatic rings. The van der Waals surface area contributed by atoms with E-state index < -0.39 is 0 Å². The van der Waals surface area contributed by atoms with Crippen LogP contribution in [0.25, 0.3) is 0 Å². The van der Waals surface area contributed by atoms with Crippen molar-refractivity contribution in [2.24, 2.45) is 0 Å². The summed E-state index contributed by atoms with van der Waals surface area (Å²) in [6, 6.07) is 6.45. The molecule has 0 aromatic heterocycles. The van der Waals surface area contributed by atoms with E-state index in [1.807, 2.05) is 0 Å². The first-order valence-corrected chi connectivity index (χ1v) is 6.48. The Labute approximate surface area is 104 Å². The second-order valence-corrected chi connectivity index (χ2v) is 4.96. The van der Waals surface area contributed by atoms with Crippen molar-refractivity contribution in [1.29, 1.82) is 0 Å². The average molecular weight is 240 g/mol. The number of hydrogen-bond donors (Lipinski definition) is 1. The van der Waals surface area contributed by atoms with E-state index in [9.17, 15) is 0 Å². The Morgan fingerprint density at radius 2 is 1.88 bits per heavy atom. The van der Waals surface area contributed by atoms with Crippen LogP contribution in [0.5, 0.6) is 0 Å². The summed E-state index contributed by atoms with van der Waals surface area (Å²) in [6.07, 6.45) is 2.09. The number of halogens is 1. The van der Waals surface area contributed by atoms with E-state index in [0.29, 0.717) is 5.38 Å². The Kier molecular flexibility index (Phi) is 5.86. The van der Waals surface area contributed by atoms with E-state index in [4.69, 9.17) is 11.6 Å². The van der Waals surface area contributed by atoms with Crippen molar-refractivity contribution >= 4 is 11.6 Å². The molecule has 0 spiro atoms. The molecule has 0 aliphatic rings. The first kappa shape index (κ1) is 13.5. The maximum atomic E-state index is 6.07. The lowest BCUT2D eigenvalue weighted by Crippen LogP contribution is -2.18. The van der Waals surface area contributed by atoms with Gasteiger partial charge in [-0.3, -0.25) is 0 Å². The smallest absolute Gasteiger partial charge is 0.0345 e. The van der Waals surface area contributed by atoms with Gasteiger partial charge in [-0.1, -0.05) is 25.1 Å². The summed E-state index contributed by atoms with van der Waals surface area (Å²) >= 11 is 6.07. The lowest BCUT2D eigenvalue weighted by molar-refractivity contribution is 0.619. The van der Waals surface area contributed by atoms with Gasteiger partial charge in [0.2, 0.25) is 0 Å². The van der Waals surface area contributed by atoms with Crippen molar-refractivity contribution in [2.75, 3.05) is 6.54 Å². The van der Waals surface area contributed by atoms with Gasteiger partial charge in [0, 0.05) is 11.9 Å². The van der Waals surface area contributed by atoms with Gasteiger partial charge in [0.15, 0.2) is 0 Å². The first-order valence-electron chi connectivity index (χ1n) is 6.05. The molecule has 1 atom stereocenters. The van der Waals surface area contributed by atoms with E-state index in [1.54, 1.807) is 0 Å². The molecule has 0 fully saturated rings. The van der Waals surface area contributed by atoms with Gasteiger partial charge in [0.1, 0.15) is 0 Å².